The van der Waals surface area contributed by atoms with Gasteiger partial charge in [-0.15, -0.1) is 0 Å². The van der Waals surface area contributed by atoms with Crippen molar-refractivity contribution in [1.29, 1.82) is 0 Å². The van der Waals surface area contributed by atoms with Gasteiger partial charge in [0.15, 0.2) is 0 Å². The first-order valence-electron chi connectivity index (χ1n) is 8.11. The summed E-state index contributed by atoms with van der Waals surface area (Å²) in [7, 11) is 1.73. The molecule has 24 heavy (non-hydrogen) atoms. The van der Waals surface area contributed by atoms with Crippen molar-refractivity contribution in [2.24, 2.45) is 0 Å². The summed E-state index contributed by atoms with van der Waals surface area (Å²) < 4.78 is 5.54. The number of nitrogens with one attached hydrogen (secondary N) is 2. The molecule has 1 saturated heterocycles. The van der Waals surface area contributed by atoms with E-state index in [1.54, 1.807) is 13.3 Å². The number of ether oxygens (including phenoxy) is 1. The lowest BCUT2D eigenvalue weighted by Gasteiger charge is -2.22. The summed E-state index contributed by atoms with van der Waals surface area (Å²) >= 11 is 0. The van der Waals surface area contributed by atoms with Gasteiger partial charge in [-0.3, -0.25) is 9.69 Å². The van der Waals surface area contributed by atoms with E-state index in [1.165, 1.54) is 0 Å². The minimum absolute atomic E-state index is 0.0345. The van der Waals surface area contributed by atoms with Gasteiger partial charge in [-0.05, 0) is 23.9 Å². The smallest absolute Gasteiger partial charge is 0.252 e. The van der Waals surface area contributed by atoms with Crippen LogP contribution in [0, 0.1) is 0 Å². The SMILES string of the molecule is CO[C@@H]1CC(c2ncc[nH]2)N(Cc2cc3ccccc3[nH]c2=O)C1. The van der Waals surface area contributed by atoms with Gasteiger partial charge in [0, 0.05) is 43.7 Å². The summed E-state index contributed by atoms with van der Waals surface area (Å²) in [4.78, 5) is 25.2. The number of rotatable bonds is 4. The number of benzene rings is 1. The van der Waals surface area contributed by atoms with Crippen LogP contribution < -0.4 is 5.56 Å². The number of pyridine rings is 1. The topological polar surface area (TPSA) is 74.0 Å². The highest BCUT2D eigenvalue weighted by molar-refractivity contribution is 5.78. The van der Waals surface area contributed by atoms with Crippen molar-refractivity contribution in [2.75, 3.05) is 13.7 Å². The highest BCUT2D eigenvalue weighted by Gasteiger charge is 2.35. The van der Waals surface area contributed by atoms with E-state index in [9.17, 15) is 4.79 Å². The van der Waals surface area contributed by atoms with E-state index in [0.29, 0.717) is 6.54 Å². The van der Waals surface area contributed by atoms with Crippen molar-refractivity contribution >= 4 is 10.9 Å². The van der Waals surface area contributed by atoms with Crippen LogP contribution >= 0.6 is 0 Å². The van der Waals surface area contributed by atoms with Crippen molar-refractivity contribution < 1.29 is 4.74 Å². The van der Waals surface area contributed by atoms with Gasteiger partial charge >= 0.3 is 0 Å². The Morgan fingerprint density at radius 3 is 3.04 bits per heavy atom. The van der Waals surface area contributed by atoms with E-state index >= 15 is 0 Å². The Bertz CT molecular complexity index is 887. The van der Waals surface area contributed by atoms with Gasteiger partial charge < -0.3 is 14.7 Å². The van der Waals surface area contributed by atoms with E-state index in [1.807, 2.05) is 36.5 Å². The van der Waals surface area contributed by atoms with E-state index in [4.69, 9.17) is 4.74 Å². The zero-order valence-electron chi connectivity index (χ0n) is 13.5. The molecule has 1 aromatic carbocycles. The number of H-pyrrole nitrogens is 2. The maximum Gasteiger partial charge on any atom is 0.252 e. The van der Waals surface area contributed by atoms with Crippen molar-refractivity contribution in [1.82, 2.24) is 19.9 Å². The third-order valence-electron chi connectivity index (χ3n) is 4.74. The molecule has 0 bridgehead atoms. The second kappa shape index (κ2) is 6.22. The van der Waals surface area contributed by atoms with Gasteiger partial charge in [-0.1, -0.05) is 18.2 Å². The number of para-hydroxylation sites is 1. The van der Waals surface area contributed by atoms with Gasteiger partial charge in [-0.25, -0.2) is 4.98 Å². The number of fused-ring (bicyclic) bond motifs is 1. The number of hydrogen-bond acceptors (Lipinski definition) is 4. The lowest BCUT2D eigenvalue weighted by molar-refractivity contribution is 0.107. The van der Waals surface area contributed by atoms with E-state index < -0.39 is 0 Å². The van der Waals surface area contributed by atoms with Gasteiger partial charge in [0.25, 0.3) is 5.56 Å². The summed E-state index contributed by atoms with van der Waals surface area (Å²) in [5.41, 5.74) is 1.60. The van der Waals surface area contributed by atoms with Gasteiger partial charge in [0.2, 0.25) is 0 Å². The summed E-state index contributed by atoms with van der Waals surface area (Å²) in [5.74, 6) is 0.923. The minimum atomic E-state index is -0.0345. The van der Waals surface area contributed by atoms with Crippen LogP contribution in [-0.4, -0.2) is 39.6 Å². The molecule has 124 valence electrons. The molecular formula is C18H20N4O2. The quantitative estimate of drug-likeness (QED) is 0.772. The van der Waals surface area contributed by atoms with Crippen LogP contribution in [-0.2, 0) is 11.3 Å². The normalized spacial score (nSPS) is 21.5. The molecule has 4 rings (SSSR count). The third-order valence-corrected chi connectivity index (χ3v) is 4.74. The molecule has 1 aliphatic heterocycles. The summed E-state index contributed by atoms with van der Waals surface area (Å²) in [5, 5.41) is 1.05. The Balaban J connectivity index is 1.65. The summed E-state index contributed by atoms with van der Waals surface area (Å²) in [6, 6.07) is 9.95. The maximum absolute atomic E-state index is 12.4. The molecule has 6 nitrogen and oxygen atoms in total. The molecule has 1 fully saturated rings. The number of hydrogen-bond donors (Lipinski definition) is 2. The molecule has 2 N–H and O–H groups in total. The highest BCUT2D eigenvalue weighted by atomic mass is 16.5. The number of aromatic nitrogens is 3. The van der Waals surface area contributed by atoms with Crippen molar-refractivity contribution in [3.05, 3.63) is 64.5 Å². The fraction of sp³-hybridized carbons (Fsp3) is 0.333. The largest absolute Gasteiger partial charge is 0.380 e. The molecule has 2 atom stereocenters. The molecule has 0 amide bonds. The number of methoxy groups -OCH3 is 1. The second-order valence-electron chi connectivity index (χ2n) is 6.22. The molecular weight excluding hydrogens is 304 g/mol. The van der Waals surface area contributed by atoms with Crippen LogP contribution in [0.4, 0.5) is 0 Å². The minimum Gasteiger partial charge on any atom is -0.380 e. The van der Waals surface area contributed by atoms with Crippen LogP contribution in [0.25, 0.3) is 10.9 Å². The van der Waals surface area contributed by atoms with Gasteiger partial charge in [0.1, 0.15) is 5.82 Å². The fourth-order valence-corrected chi connectivity index (χ4v) is 3.48. The molecule has 0 spiro atoms. The van der Waals surface area contributed by atoms with Gasteiger partial charge in [0.05, 0.1) is 12.1 Å². The summed E-state index contributed by atoms with van der Waals surface area (Å²) in [6.45, 7) is 1.36. The standard InChI is InChI=1S/C18H20N4O2/c1-24-14-9-16(17-19-6-7-20-17)22(11-14)10-13-8-12-4-2-3-5-15(12)21-18(13)23/h2-8,14,16H,9-11H2,1H3,(H,19,20)(H,21,23)/t14-,16?/m1/s1. The van der Waals surface area contributed by atoms with Crippen LogP contribution in [0.2, 0.25) is 0 Å². The van der Waals surface area contributed by atoms with Gasteiger partial charge in [-0.2, -0.15) is 0 Å². The monoisotopic (exact) mass is 324 g/mol. The highest BCUT2D eigenvalue weighted by Crippen LogP contribution is 2.32. The Kier molecular flexibility index (Phi) is 3.92. The predicted octanol–water partition coefficient (Wildman–Crippen LogP) is 2.21. The van der Waals surface area contributed by atoms with Crippen LogP contribution in [0.1, 0.15) is 23.9 Å². The molecule has 6 heteroatoms. The van der Waals surface area contributed by atoms with E-state index in [0.717, 1.165) is 35.3 Å². The Morgan fingerprint density at radius 1 is 1.38 bits per heavy atom. The zero-order chi connectivity index (χ0) is 16.5. The van der Waals surface area contributed by atoms with Crippen molar-refractivity contribution in [3.63, 3.8) is 0 Å². The predicted molar refractivity (Wildman–Crippen MR) is 91.7 cm³/mol. The molecule has 1 unspecified atom stereocenters. The van der Waals surface area contributed by atoms with Crippen LogP contribution in [0.5, 0.6) is 0 Å². The number of imidazole rings is 1. The zero-order valence-corrected chi connectivity index (χ0v) is 13.5. The number of likely N-dealkylation sites (tertiary alicyclic amines) is 1. The third kappa shape index (κ3) is 2.74. The lowest BCUT2D eigenvalue weighted by atomic mass is 10.1. The van der Waals surface area contributed by atoms with Crippen molar-refractivity contribution in [2.45, 2.75) is 25.1 Å². The Labute approximate surface area is 139 Å². The maximum atomic E-state index is 12.4. The Morgan fingerprint density at radius 2 is 2.25 bits per heavy atom. The molecule has 0 aliphatic carbocycles. The molecule has 1 aliphatic rings. The molecule has 2 aromatic heterocycles. The first-order chi connectivity index (χ1) is 11.7. The number of aromatic amines is 2. The lowest BCUT2D eigenvalue weighted by Crippen LogP contribution is -2.28. The van der Waals surface area contributed by atoms with Crippen molar-refractivity contribution in [3.8, 4) is 0 Å². The molecule has 0 radical (unpaired) electrons. The molecule has 3 aromatic rings. The van der Waals surface area contributed by atoms with E-state index in [2.05, 4.69) is 19.9 Å². The van der Waals surface area contributed by atoms with Crippen LogP contribution in [0.3, 0.4) is 0 Å². The second-order valence-corrected chi connectivity index (χ2v) is 6.22. The first-order valence-corrected chi connectivity index (χ1v) is 8.11. The number of nitrogens with zero attached hydrogens (tertiary/aromatic N) is 2. The summed E-state index contributed by atoms with van der Waals surface area (Å²) in [6.07, 6.45) is 4.61. The Hall–Kier alpha value is -2.44. The average molecular weight is 324 g/mol. The molecule has 3 heterocycles. The van der Waals surface area contributed by atoms with Crippen LogP contribution in [0.15, 0.2) is 47.5 Å². The molecule has 0 saturated carbocycles. The first kappa shape index (κ1) is 15.1. The fourth-order valence-electron chi connectivity index (χ4n) is 3.48. The van der Waals surface area contributed by atoms with E-state index in [-0.39, 0.29) is 17.7 Å². The average Bonchev–Trinajstić information content (AvgIpc) is 3.24.